The molecule has 15 heavy (non-hydrogen) atoms. The van der Waals surface area contributed by atoms with Crippen LogP contribution in [0.25, 0.3) is 0 Å². The first kappa shape index (κ1) is 14.7. The predicted molar refractivity (Wildman–Crippen MR) is 62.1 cm³/mol. The number of carbonyl (C=O) groups is 1. The van der Waals surface area contributed by atoms with E-state index in [-0.39, 0.29) is 24.4 Å². The smallest absolute Gasteiger partial charge is 0.239 e. The molecule has 0 aromatic rings. The molecule has 0 radical (unpaired) electrons. The van der Waals surface area contributed by atoms with Gasteiger partial charge in [0.15, 0.2) is 0 Å². The number of nitrogens with two attached hydrogens (primary N) is 1. The minimum atomic E-state index is -0.374. The fraction of sp³-hybridized carbons (Fsp3) is 0.900. The van der Waals surface area contributed by atoms with E-state index in [1.807, 2.05) is 11.8 Å². The first-order valence-electron chi connectivity index (χ1n) is 5.27. The molecule has 5 heteroatoms. The van der Waals surface area contributed by atoms with E-state index >= 15 is 0 Å². The highest BCUT2D eigenvalue weighted by Gasteiger charge is 2.27. The third-order valence-electron chi connectivity index (χ3n) is 2.54. The van der Waals surface area contributed by atoms with Crippen LogP contribution in [-0.2, 0) is 9.53 Å². The summed E-state index contributed by atoms with van der Waals surface area (Å²) >= 11 is 0. The van der Waals surface area contributed by atoms with Gasteiger partial charge in [-0.05, 0) is 20.3 Å². The Morgan fingerprint density at radius 1 is 1.67 bits per heavy atom. The molecule has 1 amide bonds. The van der Waals surface area contributed by atoms with Crippen LogP contribution in [0.3, 0.4) is 0 Å². The fourth-order valence-electron chi connectivity index (χ4n) is 1.74. The van der Waals surface area contributed by atoms with Crippen molar-refractivity contribution in [2.24, 2.45) is 11.7 Å². The van der Waals surface area contributed by atoms with Crippen molar-refractivity contribution in [1.29, 1.82) is 0 Å². The van der Waals surface area contributed by atoms with Crippen molar-refractivity contribution < 1.29 is 9.53 Å². The van der Waals surface area contributed by atoms with Gasteiger partial charge < -0.3 is 15.4 Å². The van der Waals surface area contributed by atoms with E-state index in [0.717, 1.165) is 32.7 Å². The van der Waals surface area contributed by atoms with Gasteiger partial charge >= 0.3 is 0 Å². The van der Waals surface area contributed by atoms with E-state index < -0.39 is 0 Å². The van der Waals surface area contributed by atoms with Gasteiger partial charge in [-0.15, -0.1) is 12.4 Å². The maximum Gasteiger partial charge on any atom is 0.239 e. The van der Waals surface area contributed by atoms with Crippen LogP contribution >= 0.6 is 12.4 Å². The highest BCUT2D eigenvalue weighted by atomic mass is 35.5. The Hall–Kier alpha value is -0.320. The molecular formula is C10H21ClN2O2. The van der Waals surface area contributed by atoms with Crippen LogP contribution in [0.4, 0.5) is 0 Å². The minimum Gasteiger partial charge on any atom is -0.381 e. The normalized spacial score (nSPS) is 22.3. The van der Waals surface area contributed by atoms with E-state index in [4.69, 9.17) is 10.5 Å². The molecule has 1 saturated heterocycles. The molecule has 2 N–H and O–H groups in total. The molecule has 0 bridgehead atoms. The van der Waals surface area contributed by atoms with Gasteiger partial charge in [0.2, 0.25) is 5.91 Å². The Balaban J connectivity index is 0.00000196. The summed E-state index contributed by atoms with van der Waals surface area (Å²) in [6, 6.07) is -0.374. The number of rotatable bonds is 4. The predicted octanol–water partition coefficient (Wildman–Crippen LogP) is 0.640. The lowest BCUT2D eigenvalue weighted by Gasteiger charge is -2.18. The van der Waals surface area contributed by atoms with E-state index in [1.165, 1.54) is 0 Å². The molecule has 0 spiro atoms. The van der Waals surface area contributed by atoms with Crippen molar-refractivity contribution in [1.82, 2.24) is 4.90 Å². The standard InChI is InChI=1S/C10H20N2O2.ClH/c1-3-14-7-9-4-5-12(6-9)10(13)8(2)11;/h8-9H,3-7,11H2,1-2H3;1H/t8-,9?;/m0./s1. The number of hydrogen-bond donors (Lipinski definition) is 1. The summed E-state index contributed by atoms with van der Waals surface area (Å²) in [7, 11) is 0. The molecule has 2 atom stereocenters. The zero-order valence-electron chi connectivity index (χ0n) is 9.44. The Morgan fingerprint density at radius 3 is 2.87 bits per heavy atom. The Labute approximate surface area is 97.5 Å². The van der Waals surface area contributed by atoms with Crippen LogP contribution in [0.2, 0.25) is 0 Å². The van der Waals surface area contributed by atoms with Gasteiger partial charge in [-0.1, -0.05) is 0 Å². The average Bonchev–Trinajstić information content (AvgIpc) is 2.61. The summed E-state index contributed by atoms with van der Waals surface area (Å²) in [6.45, 7) is 6.87. The van der Waals surface area contributed by atoms with Gasteiger partial charge in [0.1, 0.15) is 0 Å². The number of ether oxygens (including phenoxy) is 1. The SMILES string of the molecule is CCOCC1CCN(C(=O)[C@H](C)N)C1.Cl. The van der Waals surface area contributed by atoms with Crippen molar-refractivity contribution in [3.05, 3.63) is 0 Å². The zero-order chi connectivity index (χ0) is 10.6. The molecular weight excluding hydrogens is 216 g/mol. The lowest BCUT2D eigenvalue weighted by atomic mass is 10.1. The second-order valence-corrected chi connectivity index (χ2v) is 3.89. The van der Waals surface area contributed by atoms with E-state index in [9.17, 15) is 4.79 Å². The number of hydrogen-bond acceptors (Lipinski definition) is 3. The largest absolute Gasteiger partial charge is 0.381 e. The highest BCUT2D eigenvalue weighted by molar-refractivity contribution is 5.85. The van der Waals surface area contributed by atoms with Crippen LogP contribution in [0.5, 0.6) is 0 Å². The van der Waals surface area contributed by atoms with Crippen LogP contribution in [0.15, 0.2) is 0 Å². The number of carbonyl (C=O) groups excluding carboxylic acids is 1. The third kappa shape index (κ3) is 4.36. The van der Waals surface area contributed by atoms with Gasteiger partial charge in [0.25, 0.3) is 0 Å². The Bertz CT molecular complexity index is 200. The lowest BCUT2D eigenvalue weighted by Crippen LogP contribution is -2.40. The maximum absolute atomic E-state index is 11.5. The van der Waals surface area contributed by atoms with Crippen LogP contribution in [0, 0.1) is 5.92 Å². The van der Waals surface area contributed by atoms with Crippen LogP contribution in [0.1, 0.15) is 20.3 Å². The van der Waals surface area contributed by atoms with Gasteiger partial charge in [-0.2, -0.15) is 0 Å². The van der Waals surface area contributed by atoms with Gasteiger partial charge in [-0.25, -0.2) is 0 Å². The van der Waals surface area contributed by atoms with Crippen molar-refractivity contribution >= 4 is 18.3 Å². The second-order valence-electron chi connectivity index (χ2n) is 3.89. The molecule has 0 aromatic carbocycles. The van der Waals surface area contributed by atoms with E-state index in [2.05, 4.69) is 0 Å². The first-order valence-corrected chi connectivity index (χ1v) is 5.27. The topological polar surface area (TPSA) is 55.6 Å². The minimum absolute atomic E-state index is 0. The average molecular weight is 237 g/mol. The number of halogens is 1. The number of amides is 1. The van der Waals surface area contributed by atoms with Gasteiger partial charge in [0.05, 0.1) is 12.6 Å². The van der Waals surface area contributed by atoms with E-state index in [1.54, 1.807) is 6.92 Å². The van der Waals surface area contributed by atoms with Crippen molar-refractivity contribution in [2.75, 3.05) is 26.3 Å². The molecule has 90 valence electrons. The molecule has 0 aromatic heterocycles. The summed E-state index contributed by atoms with van der Waals surface area (Å²) < 4.78 is 5.34. The molecule has 0 saturated carbocycles. The number of likely N-dealkylation sites (tertiary alicyclic amines) is 1. The Morgan fingerprint density at radius 2 is 2.33 bits per heavy atom. The van der Waals surface area contributed by atoms with Crippen LogP contribution < -0.4 is 5.73 Å². The monoisotopic (exact) mass is 236 g/mol. The number of nitrogens with zero attached hydrogens (tertiary/aromatic N) is 1. The van der Waals surface area contributed by atoms with Gasteiger partial charge in [-0.3, -0.25) is 4.79 Å². The van der Waals surface area contributed by atoms with Crippen molar-refractivity contribution in [3.63, 3.8) is 0 Å². The summed E-state index contributed by atoms with van der Waals surface area (Å²) in [5.74, 6) is 0.557. The molecule has 1 rings (SSSR count). The molecule has 0 aliphatic carbocycles. The molecule has 1 fully saturated rings. The highest BCUT2D eigenvalue weighted by Crippen LogP contribution is 2.16. The quantitative estimate of drug-likeness (QED) is 0.780. The van der Waals surface area contributed by atoms with Crippen LogP contribution in [-0.4, -0.2) is 43.2 Å². The molecule has 1 aliphatic rings. The molecule has 1 aliphatic heterocycles. The van der Waals surface area contributed by atoms with Crippen molar-refractivity contribution in [3.8, 4) is 0 Å². The second kappa shape index (κ2) is 7.04. The summed E-state index contributed by atoms with van der Waals surface area (Å²) in [5.41, 5.74) is 5.54. The first-order chi connectivity index (χ1) is 6.65. The lowest BCUT2D eigenvalue weighted by molar-refractivity contribution is -0.131. The van der Waals surface area contributed by atoms with E-state index in [0.29, 0.717) is 5.92 Å². The van der Waals surface area contributed by atoms with Gasteiger partial charge in [0, 0.05) is 25.6 Å². The molecule has 1 unspecified atom stereocenters. The summed E-state index contributed by atoms with van der Waals surface area (Å²) in [4.78, 5) is 13.4. The zero-order valence-corrected chi connectivity index (χ0v) is 10.3. The van der Waals surface area contributed by atoms with Crippen molar-refractivity contribution in [2.45, 2.75) is 26.3 Å². The maximum atomic E-state index is 11.5. The molecule has 1 heterocycles. The fourth-order valence-corrected chi connectivity index (χ4v) is 1.74. The Kier molecular flexibility index (Phi) is 6.89. The summed E-state index contributed by atoms with van der Waals surface area (Å²) in [6.07, 6.45) is 1.04. The third-order valence-corrected chi connectivity index (χ3v) is 2.54. The molecule has 4 nitrogen and oxygen atoms in total. The summed E-state index contributed by atoms with van der Waals surface area (Å²) in [5, 5.41) is 0.